The first-order valence-corrected chi connectivity index (χ1v) is 10.3. The fourth-order valence-electron chi connectivity index (χ4n) is 2.90. The van der Waals surface area contributed by atoms with Crippen LogP contribution in [0.1, 0.15) is 55.8 Å². The van der Waals surface area contributed by atoms with Crippen molar-refractivity contribution in [2.75, 3.05) is 19.6 Å². The third kappa shape index (κ3) is 5.93. The Labute approximate surface area is 149 Å². The van der Waals surface area contributed by atoms with E-state index in [1.54, 1.807) is 0 Å². The van der Waals surface area contributed by atoms with Crippen LogP contribution in [0.25, 0.3) is 0 Å². The standard InChI is InChI=1S/C18H26N2O4S/c1-15(21)16-7-9-17(10-8-16)25(23,24)19-12-11-18(22)20-13-5-3-2-4-6-14-20/h7-10,19H,2-6,11-14H2,1H3. The topological polar surface area (TPSA) is 83.5 Å². The molecule has 6 nitrogen and oxygen atoms in total. The second kappa shape index (κ2) is 9.10. The number of Topliss-reactive ketones (excluding diaryl/α,β-unsaturated/α-hetero) is 1. The van der Waals surface area contributed by atoms with E-state index in [-0.39, 0.29) is 29.6 Å². The Morgan fingerprint density at radius 2 is 1.56 bits per heavy atom. The molecule has 0 aromatic heterocycles. The second-order valence-corrected chi connectivity index (χ2v) is 8.14. The van der Waals surface area contributed by atoms with Crippen LogP contribution in [0, 0.1) is 0 Å². The monoisotopic (exact) mass is 366 g/mol. The van der Waals surface area contributed by atoms with Gasteiger partial charge in [0, 0.05) is 31.6 Å². The summed E-state index contributed by atoms with van der Waals surface area (Å²) in [4.78, 5) is 25.4. The highest BCUT2D eigenvalue weighted by molar-refractivity contribution is 7.89. The van der Waals surface area contributed by atoms with E-state index in [1.807, 2.05) is 4.90 Å². The van der Waals surface area contributed by atoms with Crippen LogP contribution in [-0.2, 0) is 14.8 Å². The molecule has 1 aliphatic rings. The fourth-order valence-corrected chi connectivity index (χ4v) is 3.93. The number of hydrogen-bond acceptors (Lipinski definition) is 4. The second-order valence-electron chi connectivity index (χ2n) is 6.38. The van der Waals surface area contributed by atoms with E-state index in [0.717, 1.165) is 38.8 Å². The SMILES string of the molecule is CC(=O)c1ccc(S(=O)(=O)NCCC(=O)N2CCCCCCC2)cc1. The maximum Gasteiger partial charge on any atom is 0.240 e. The van der Waals surface area contributed by atoms with Gasteiger partial charge in [0.2, 0.25) is 15.9 Å². The summed E-state index contributed by atoms with van der Waals surface area (Å²) in [6, 6.07) is 5.78. The molecular formula is C18H26N2O4S. The van der Waals surface area contributed by atoms with Gasteiger partial charge in [0.25, 0.3) is 0 Å². The van der Waals surface area contributed by atoms with Crippen LogP contribution in [-0.4, -0.2) is 44.6 Å². The predicted molar refractivity (Wildman–Crippen MR) is 95.9 cm³/mol. The van der Waals surface area contributed by atoms with E-state index in [1.165, 1.54) is 37.6 Å². The number of benzene rings is 1. The predicted octanol–water partition coefficient (Wildman–Crippen LogP) is 2.35. The van der Waals surface area contributed by atoms with Gasteiger partial charge in [-0.25, -0.2) is 13.1 Å². The number of carbonyl (C=O) groups excluding carboxylic acids is 2. The van der Waals surface area contributed by atoms with E-state index in [0.29, 0.717) is 5.56 Å². The van der Waals surface area contributed by atoms with Crippen LogP contribution in [0.2, 0.25) is 0 Å². The zero-order valence-electron chi connectivity index (χ0n) is 14.7. The summed E-state index contributed by atoms with van der Waals surface area (Å²) in [7, 11) is -3.67. The van der Waals surface area contributed by atoms with Gasteiger partial charge in [-0.15, -0.1) is 0 Å². The fraction of sp³-hybridized carbons (Fsp3) is 0.556. The van der Waals surface area contributed by atoms with Gasteiger partial charge in [-0.2, -0.15) is 0 Å². The van der Waals surface area contributed by atoms with Gasteiger partial charge >= 0.3 is 0 Å². The van der Waals surface area contributed by atoms with Crippen LogP contribution in [0.4, 0.5) is 0 Å². The van der Waals surface area contributed by atoms with E-state index in [2.05, 4.69) is 4.72 Å². The molecule has 1 heterocycles. The number of nitrogens with one attached hydrogen (secondary N) is 1. The molecule has 7 heteroatoms. The van der Waals surface area contributed by atoms with E-state index >= 15 is 0 Å². The Balaban J connectivity index is 1.86. The number of sulfonamides is 1. The van der Waals surface area contributed by atoms with E-state index < -0.39 is 10.0 Å². The lowest BCUT2D eigenvalue weighted by Gasteiger charge is -2.24. The summed E-state index contributed by atoms with van der Waals surface area (Å²) >= 11 is 0. The minimum absolute atomic E-state index is 0.00322. The quantitative estimate of drug-likeness (QED) is 0.784. The molecule has 1 aromatic carbocycles. The summed E-state index contributed by atoms with van der Waals surface area (Å²) in [6.45, 7) is 3.03. The first-order valence-electron chi connectivity index (χ1n) is 8.78. The van der Waals surface area contributed by atoms with Crippen molar-refractivity contribution in [1.29, 1.82) is 0 Å². The Kier molecular flexibility index (Phi) is 7.13. The summed E-state index contributed by atoms with van der Waals surface area (Å²) in [5.74, 6) is -0.118. The summed E-state index contributed by atoms with van der Waals surface area (Å²) in [6.07, 6.45) is 5.70. The Bertz CT molecular complexity index is 690. The molecule has 0 saturated carbocycles. The van der Waals surface area contributed by atoms with Crippen molar-refractivity contribution in [1.82, 2.24) is 9.62 Å². The molecule has 0 aliphatic carbocycles. The lowest BCUT2D eigenvalue weighted by atomic mass is 10.1. The Morgan fingerprint density at radius 1 is 1.00 bits per heavy atom. The molecular weight excluding hydrogens is 340 g/mol. The third-order valence-electron chi connectivity index (χ3n) is 4.41. The van der Waals surface area contributed by atoms with Crippen molar-refractivity contribution in [2.24, 2.45) is 0 Å². The molecule has 1 N–H and O–H groups in total. The molecule has 1 aromatic rings. The molecule has 138 valence electrons. The number of rotatable bonds is 6. The van der Waals surface area contributed by atoms with Crippen LogP contribution < -0.4 is 4.72 Å². The smallest absolute Gasteiger partial charge is 0.240 e. The largest absolute Gasteiger partial charge is 0.343 e. The highest BCUT2D eigenvalue weighted by Crippen LogP contribution is 2.13. The average molecular weight is 366 g/mol. The number of ketones is 1. The maximum absolute atomic E-state index is 12.3. The average Bonchev–Trinajstić information content (AvgIpc) is 2.54. The first kappa shape index (κ1) is 19.6. The molecule has 0 bridgehead atoms. The molecule has 1 amide bonds. The minimum atomic E-state index is -3.67. The van der Waals surface area contributed by atoms with Crippen molar-refractivity contribution >= 4 is 21.7 Å². The van der Waals surface area contributed by atoms with Gasteiger partial charge in [0.05, 0.1) is 4.90 Å². The lowest BCUT2D eigenvalue weighted by Crippen LogP contribution is -2.36. The third-order valence-corrected chi connectivity index (χ3v) is 5.89. The number of hydrogen-bond donors (Lipinski definition) is 1. The van der Waals surface area contributed by atoms with Crippen molar-refractivity contribution in [3.8, 4) is 0 Å². The molecule has 1 aliphatic heterocycles. The number of amides is 1. The van der Waals surface area contributed by atoms with Gasteiger partial charge in [-0.3, -0.25) is 9.59 Å². The minimum Gasteiger partial charge on any atom is -0.343 e. The molecule has 25 heavy (non-hydrogen) atoms. The van der Waals surface area contributed by atoms with E-state index in [9.17, 15) is 18.0 Å². The van der Waals surface area contributed by atoms with E-state index in [4.69, 9.17) is 0 Å². The summed E-state index contributed by atoms with van der Waals surface area (Å²) < 4.78 is 27.0. The number of likely N-dealkylation sites (tertiary alicyclic amines) is 1. The van der Waals surface area contributed by atoms with Gasteiger partial charge in [0.15, 0.2) is 5.78 Å². The van der Waals surface area contributed by atoms with Crippen LogP contribution in [0.5, 0.6) is 0 Å². The van der Waals surface area contributed by atoms with Gasteiger partial charge < -0.3 is 4.90 Å². The normalized spacial score (nSPS) is 16.1. The Morgan fingerprint density at radius 3 is 2.12 bits per heavy atom. The first-order chi connectivity index (χ1) is 11.9. The molecule has 0 unspecified atom stereocenters. The Hall–Kier alpha value is -1.73. The van der Waals surface area contributed by atoms with Crippen molar-refractivity contribution < 1.29 is 18.0 Å². The van der Waals surface area contributed by atoms with Crippen molar-refractivity contribution in [3.05, 3.63) is 29.8 Å². The molecule has 1 fully saturated rings. The number of nitrogens with zero attached hydrogens (tertiary/aromatic N) is 1. The molecule has 2 rings (SSSR count). The van der Waals surface area contributed by atoms with Gasteiger partial charge in [-0.05, 0) is 31.9 Å². The summed E-state index contributed by atoms with van der Waals surface area (Å²) in [5.41, 5.74) is 0.464. The van der Waals surface area contributed by atoms with Crippen LogP contribution >= 0.6 is 0 Å². The molecule has 1 saturated heterocycles. The lowest BCUT2D eigenvalue weighted by molar-refractivity contribution is -0.131. The zero-order chi connectivity index (χ0) is 18.3. The summed E-state index contributed by atoms with van der Waals surface area (Å²) in [5, 5.41) is 0. The molecule has 0 spiro atoms. The highest BCUT2D eigenvalue weighted by Gasteiger charge is 2.17. The van der Waals surface area contributed by atoms with Gasteiger partial charge in [-0.1, -0.05) is 31.4 Å². The molecule has 0 radical (unpaired) electrons. The maximum atomic E-state index is 12.3. The zero-order valence-corrected chi connectivity index (χ0v) is 15.5. The van der Waals surface area contributed by atoms with Crippen molar-refractivity contribution in [2.45, 2.75) is 50.3 Å². The molecule has 0 atom stereocenters. The van der Waals surface area contributed by atoms with Crippen molar-refractivity contribution in [3.63, 3.8) is 0 Å². The van der Waals surface area contributed by atoms with Gasteiger partial charge in [0.1, 0.15) is 0 Å². The highest BCUT2D eigenvalue weighted by atomic mass is 32.2. The van der Waals surface area contributed by atoms with Crippen LogP contribution in [0.15, 0.2) is 29.2 Å². The number of carbonyl (C=O) groups is 2. The van der Waals surface area contributed by atoms with Crippen LogP contribution in [0.3, 0.4) is 0 Å².